The highest BCUT2D eigenvalue weighted by Crippen LogP contribution is 2.34. The van der Waals surface area contributed by atoms with Gasteiger partial charge in [0.05, 0.1) is 13.2 Å². The van der Waals surface area contributed by atoms with Crippen LogP contribution in [-0.2, 0) is 0 Å². The molecule has 0 spiro atoms. The Hall–Kier alpha value is -0.120. The highest BCUT2D eigenvalue weighted by Gasteiger charge is 2.34. The van der Waals surface area contributed by atoms with Gasteiger partial charge in [0.15, 0.2) is 0 Å². The van der Waals surface area contributed by atoms with E-state index in [1.165, 1.54) is 6.42 Å². The van der Waals surface area contributed by atoms with Crippen LogP contribution in [0.2, 0.25) is 0 Å². The molecule has 0 radical (unpaired) electrons. The van der Waals surface area contributed by atoms with Gasteiger partial charge in [-0.3, -0.25) is 0 Å². The van der Waals surface area contributed by atoms with E-state index < -0.39 is 0 Å². The molecule has 2 N–H and O–H groups in total. The van der Waals surface area contributed by atoms with E-state index >= 15 is 0 Å². The van der Waals surface area contributed by atoms with Gasteiger partial charge >= 0.3 is 0 Å². The number of hydrogen-bond donors (Lipinski definition) is 2. The van der Waals surface area contributed by atoms with Crippen molar-refractivity contribution in [2.24, 2.45) is 16.7 Å². The van der Waals surface area contributed by atoms with Crippen molar-refractivity contribution in [3.8, 4) is 0 Å². The van der Waals surface area contributed by atoms with E-state index in [1.807, 2.05) is 6.92 Å². The fourth-order valence-electron chi connectivity index (χ4n) is 2.37. The van der Waals surface area contributed by atoms with Gasteiger partial charge in [-0.05, 0) is 24.3 Å². The van der Waals surface area contributed by atoms with E-state index in [4.69, 9.17) is 0 Å². The van der Waals surface area contributed by atoms with Gasteiger partial charge in [0, 0.05) is 18.5 Å². The van der Waals surface area contributed by atoms with Gasteiger partial charge in [-0.2, -0.15) is 0 Å². The lowest BCUT2D eigenvalue weighted by Crippen LogP contribution is -2.40. The standard InChI is InChI=1S/C13H27NO2/c1-12(2,3)11-5-6-14(7-11)8-13(4,9-15)10-16/h11,15-16H,5-10H2,1-4H3. The van der Waals surface area contributed by atoms with Crippen molar-refractivity contribution in [2.45, 2.75) is 34.1 Å². The van der Waals surface area contributed by atoms with E-state index in [2.05, 4.69) is 25.7 Å². The molecule has 0 saturated carbocycles. The first-order valence-electron chi connectivity index (χ1n) is 6.25. The van der Waals surface area contributed by atoms with Crippen LogP contribution < -0.4 is 0 Å². The minimum Gasteiger partial charge on any atom is -0.396 e. The molecule has 0 aromatic carbocycles. The lowest BCUT2D eigenvalue weighted by molar-refractivity contribution is 0.0390. The first-order valence-corrected chi connectivity index (χ1v) is 6.25. The molecule has 1 atom stereocenters. The maximum absolute atomic E-state index is 9.28. The van der Waals surface area contributed by atoms with Gasteiger partial charge < -0.3 is 15.1 Å². The maximum atomic E-state index is 9.28. The van der Waals surface area contributed by atoms with Crippen LogP contribution in [0, 0.1) is 16.7 Å². The molecule has 1 aliphatic rings. The molecule has 16 heavy (non-hydrogen) atoms. The molecule has 3 nitrogen and oxygen atoms in total. The third-order valence-corrected chi connectivity index (χ3v) is 3.87. The Morgan fingerprint density at radius 3 is 2.06 bits per heavy atom. The molecule has 0 aromatic heterocycles. The highest BCUT2D eigenvalue weighted by atomic mass is 16.3. The van der Waals surface area contributed by atoms with E-state index in [0.29, 0.717) is 5.41 Å². The molecular weight excluding hydrogens is 202 g/mol. The molecule has 1 rings (SSSR count). The monoisotopic (exact) mass is 229 g/mol. The van der Waals surface area contributed by atoms with Crippen molar-refractivity contribution in [1.29, 1.82) is 0 Å². The topological polar surface area (TPSA) is 43.7 Å². The van der Waals surface area contributed by atoms with E-state index in [1.54, 1.807) is 0 Å². The summed E-state index contributed by atoms with van der Waals surface area (Å²) >= 11 is 0. The minimum absolute atomic E-state index is 0.0557. The molecule has 0 amide bonds. The molecule has 1 unspecified atom stereocenters. The number of hydrogen-bond acceptors (Lipinski definition) is 3. The van der Waals surface area contributed by atoms with Crippen molar-refractivity contribution < 1.29 is 10.2 Å². The predicted octanol–water partition coefficient (Wildman–Crippen LogP) is 1.35. The lowest BCUT2D eigenvalue weighted by Gasteiger charge is -2.32. The second-order valence-corrected chi connectivity index (χ2v) is 6.71. The second-order valence-electron chi connectivity index (χ2n) is 6.71. The Morgan fingerprint density at radius 1 is 1.12 bits per heavy atom. The summed E-state index contributed by atoms with van der Waals surface area (Å²) in [5.41, 5.74) is 0.0103. The summed E-state index contributed by atoms with van der Waals surface area (Å²) < 4.78 is 0. The molecule has 0 bridgehead atoms. The third kappa shape index (κ3) is 3.44. The smallest absolute Gasteiger partial charge is 0.0519 e. The fraction of sp³-hybridized carbons (Fsp3) is 1.00. The predicted molar refractivity (Wildman–Crippen MR) is 66.3 cm³/mol. The summed E-state index contributed by atoms with van der Waals surface area (Å²) in [6, 6.07) is 0. The summed E-state index contributed by atoms with van der Waals surface area (Å²) in [6.07, 6.45) is 1.23. The van der Waals surface area contributed by atoms with Crippen LogP contribution in [-0.4, -0.2) is 48.0 Å². The van der Waals surface area contributed by atoms with Crippen molar-refractivity contribution in [3.05, 3.63) is 0 Å². The van der Waals surface area contributed by atoms with Crippen LogP contribution in [0.4, 0.5) is 0 Å². The Kier molecular flexibility index (Phi) is 4.38. The van der Waals surface area contributed by atoms with Crippen LogP contribution >= 0.6 is 0 Å². The summed E-state index contributed by atoms with van der Waals surface area (Å²) in [4.78, 5) is 2.38. The molecule has 1 saturated heterocycles. The van der Waals surface area contributed by atoms with Crippen molar-refractivity contribution in [3.63, 3.8) is 0 Å². The van der Waals surface area contributed by atoms with Crippen LogP contribution in [0.3, 0.4) is 0 Å². The molecule has 96 valence electrons. The average molecular weight is 229 g/mol. The van der Waals surface area contributed by atoms with E-state index in [9.17, 15) is 10.2 Å². The normalized spacial score (nSPS) is 24.0. The zero-order valence-corrected chi connectivity index (χ0v) is 11.2. The van der Waals surface area contributed by atoms with Crippen molar-refractivity contribution in [1.82, 2.24) is 4.90 Å². The van der Waals surface area contributed by atoms with Crippen LogP contribution in [0.15, 0.2) is 0 Å². The number of aliphatic hydroxyl groups is 2. The van der Waals surface area contributed by atoms with Crippen LogP contribution in [0.1, 0.15) is 34.1 Å². The van der Waals surface area contributed by atoms with E-state index in [-0.39, 0.29) is 18.6 Å². The van der Waals surface area contributed by atoms with Gasteiger partial charge in [0.25, 0.3) is 0 Å². The van der Waals surface area contributed by atoms with Gasteiger partial charge in [-0.1, -0.05) is 27.7 Å². The zero-order chi connectivity index (χ0) is 12.4. The molecule has 0 aromatic rings. The number of likely N-dealkylation sites (tertiary alicyclic amines) is 1. The lowest BCUT2D eigenvalue weighted by atomic mass is 9.80. The molecule has 0 aliphatic carbocycles. The summed E-state index contributed by atoms with van der Waals surface area (Å²) in [5.74, 6) is 0.731. The first kappa shape index (κ1) is 13.9. The zero-order valence-electron chi connectivity index (χ0n) is 11.2. The molecule has 1 aliphatic heterocycles. The average Bonchev–Trinajstić information content (AvgIpc) is 2.65. The van der Waals surface area contributed by atoms with Crippen LogP contribution in [0.5, 0.6) is 0 Å². The quantitative estimate of drug-likeness (QED) is 0.764. The van der Waals surface area contributed by atoms with Gasteiger partial charge in [0.1, 0.15) is 0 Å². The molecule has 1 heterocycles. The summed E-state index contributed by atoms with van der Waals surface area (Å²) in [6.45, 7) is 11.9. The van der Waals surface area contributed by atoms with E-state index in [0.717, 1.165) is 25.6 Å². The number of rotatable bonds is 4. The summed E-state index contributed by atoms with van der Waals surface area (Å²) in [7, 11) is 0. The third-order valence-electron chi connectivity index (χ3n) is 3.87. The Labute approximate surface area is 99.5 Å². The Bertz CT molecular complexity index is 218. The molecule has 1 fully saturated rings. The molecular formula is C13H27NO2. The SMILES string of the molecule is CC(CO)(CO)CN1CCC(C(C)(C)C)C1. The van der Waals surface area contributed by atoms with Gasteiger partial charge in [-0.15, -0.1) is 0 Å². The second kappa shape index (κ2) is 5.03. The van der Waals surface area contributed by atoms with Gasteiger partial charge in [0.2, 0.25) is 0 Å². The van der Waals surface area contributed by atoms with Crippen molar-refractivity contribution >= 4 is 0 Å². The maximum Gasteiger partial charge on any atom is 0.0519 e. The van der Waals surface area contributed by atoms with Crippen molar-refractivity contribution in [2.75, 3.05) is 32.8 Å². The summed E-state index contributed by atoms with van der Waals surface area (Å²) in [5, 5.41) is 18.6. The first-order chi connectivity index (χ1) is 7.30. The number of aliphatic hydroxyl groups excluding tert-OH is 2. The Morgan fingerprint density at radius 2 is 1.69 bits per heavy atom. The fourth-order valence-corrected chi connectivity index (χ4v) is 2.37. The van der Waals surface area contributed by atoms with Gasteiger partial charge in [-0.25, -0.2) is 0 Å². The number of nitrogens with zero attached hydrogens (tertiary/aromatic N) is 1. The minimum atomic E-state index is -0.354. The largest absolute Gasteiger partial charge is 0.396 e. The van der Waals surface area contributed by atoms with Crippen LogP contribution in [0.25, 0.3) is 0 Å². The Balaban J connectivity index is 2.48. The molecule has 3 heteroatoms. The highest BCUT2D eigenvalue weighted by molar-refractivity contribution is 4.87.